The quantitative estimate of drug-likeness (QED) is 0.186. The first-order chi connectivity index (χ1) is 15.2. The summed E-state index contributed by atoms with van der Waals surface area (Å²) in [5.41, 5.74) is 1.98. The molecule has 2 aromatic rings. The predicted molar refractivity (Wildman–Crippen MR) is 141 cm³/mol. The van der Waals surface area contributed by atoms with Crippen molar-refractivity contribution in [3.8, 4) is 0 Å². The molecule has 0 amide bonds. The smallest absolute Gasteiger partial charge is 0.323 e. The van der Waals surface area contributed by atoms with Crippen molar-refractivity contribution in [2.45, 2.75) is 65.1 Å². The summed E-state index contributed by atoms with van der Waals surface area (Å²) in [6.07, 6.45) is 5.88. The largest absolute Gasteiger partial charge is 0.480 e. The van der Waals surface area contributed by atoms with Crippen molar-refractivity contribution >= 4 is 57.1 Å². The van der Waals surface area contributed by atoms with E-state index in [-0.39, 0.29) is 5.92 Å². The molecule has 32 heavy (non-hydrogen) atoms. The number of carboxylic acids is 1. The molecular formula is C23H31I2N3O4. The second-order valence-electron chi connectivity index (χ2n) is 8.26. The third-order valence-corrected chi connectivity index (χ3v) is 6.17. The number of nitrogens with one attached hydrogen (secondary N) is 1. The molecule has 0 bridgehead atoms. The van der Waals surface area contributed by atoms with Gasteiger partial charge in [0, 0.05) is 32.0 Å². The molecule has 2 N–H and O–H groups in total. The van der Waals surface area contributed by atoms with E-state index in [1.54, 1.807) is 12.5 Å². The fourth-order valence-electron chi connectivity index (χ4n) is 3.35. The van der Waals surface area contributed by atoms with E-state index >= 15 is 0 Å². The molecule has 2 unspecified atom stereocenters. The number of carbonyl (C=O) groups is 2. The van der Waals surface area contributed by atoms with Gasteiger partial charge in [-0.1, -0.05) is 27.2 Å². The minimum atomic E-state index is -0.966. The van der Waals surface area contributed by atoms with Gasteiger partial charge in [-0.2, -0.15) is 0 Å². The van der Waals surface area contributed by atoms with Gasteiger partial charge < -0.3 is 14.4 Å². The first-order valence-corrected chi connectivity index (χ1v) is 12.9. The second-order valence-corrected chi connectivity index (χ2v) is 10.7. The molecule has 176 valence electrons. The van der Waals surface area contributed by atoms with Gasteiger partial charge in [-0.15, -0.1) is 0 Å². The fourth-order valence-corrected chi connectivity index (χ4v) is 5.42. The highest BCUT2D eigenvalue weighted by Gasteiger charge is 2.29. The van der Waals surface area contributed by atoms with E-state index in [2.05, 4.69) is 73.7 Å². The van der Waals surface area contributed by atoms with Gasteiger partial charge in [0.1, 0.15) is 12.1 Å². The van der Waals surface area contributed by atoms with Crippen LogP contribution in [0.2, 0.25) is 0 Å². The summed E-state index contributed by atoms with van der Waals surface area (Å²) >= 11 is 4.59. The van der Waals surface area contributed by atoms with Crippen LogP contribution in [0.15, 0.2) is 30.7 Å². The Morgan fingerprint density at radius 1 is 1.19 bits per heavy atom. The number of hydrogen-bond donors (Lipinski definition) is 2. The average molecular weight is 667 g/mol. The number of unbranched alkanes of at least 4 members (excludes halogenated alkanes) is 1. The van der Waals surface area contributed by atoms with E-state index in [0.29, 0.717) is 26.0 Å². The molecule has 2 rings (SSSR count). The Morgan fingerprint density at radius 2 is 1.88 bits per heavy atom. The standard InChI is InChI=1S/C23H31I2N3O4/c1-4-5-6-32-23(31)21(27-20(22(29)30)7-15(2)3)11-19-12-26-14-28(19)13-16-8-17(24)10-18(25)9-16/h8-10,12,14-15,20-21,27H,4-7,11,13H2,1-3H3,(H,29,30). The number of nitrogens with zero attached hydrogens (tertiary/aromatic N) is 2. The lowest BCUT2D eigenvalue weighted by Crippen LogP contribution is -2.49. The number of halogens is 2. The molecule has 1 aromatic heterocycles. The Balaban J connectivity index is 2.22. The van der Waals surface area contributed by atoms with Crippen LogP contribution in [-0.4, -0.2) is 45.3 Å². The van der Waals surface area contributed by atoms with Crippen molar-refractivity contribution in [3.05, 3.63) is 49.1 Å². The Kier molecular flexibility index (Phi) is 11.4. The summed E-state index contributed by atoms with van der Waals surface area (Å²) in [6, 6.07) is 4.74. The summed E-state index contributed by atoms with van der Waals surface area (Å²) in [5, 5.41) is 12.7. The van der Waals surface area contributed by atoms with Crippen LogP contribution in [0.4, 0.5) is 0 Å². The number of ether oxygens (including phenoxy) is 1. The number of imidazole rings is 1. The predicted octanol–water partition coefficient (Wildman–Crippen LogP) is 4.48. The van der Waals surface area contributed by atoms with Crippen molar-refractivity contribution in [2.24, 2.45) is 5.92 Å². The summed E-state index contributed by atoms with van der Waals surface area (Å²) in [6.45, 7) is 6.90. The van der Waals surface area contributed by atoms with Crippen LogP contribution in [0.1, 0.15) is 51.3 Å². The second kappa shape index (κ2) is 13.5. The van der Waals surface area contributed by atoms with Crippen LogP contribution >= 0.6 is 45.2 Å². The van der Waals surface area contributed by atoms with Crippen molar-refractivity contribution < 1.29 is 19.4 Å². The number of carboxylic acid groups (broad SMARTS) is 1. The molecule has 0 fully saturated rings. The van der Waals surface area contributed by atoms with Gasteiger partial charge in [0.25, 0.3) is 0 Å². The maximum absolute atomic E-state index is 12.8. The zero-order valence-corrected chi connectivity index (χ0v) is 23.0. The number of esters is 1. The van der Waals surface area contributed by atoms with Crippen molar-refractivity contribution in [1.29, 1.82) is 0 Å². The first-order valence-electron chi connectivity index (χ1n) is 10.8. The van der Waals surface area contributed by atoms with Crippen molar-refractivity contribution in [2.75, 3.05) is 6.61 Å². The van der Waals surface area contributed by atoms with Gasteiger partial charge in [-0.3, -0.25) is 14.9 Å². The summed E-state index contributed by atoms with van der Waals surface area (Å²) in [4.78, 5) is 28.9. The lowest BCUT2D eigenvalue weighted by molar-refractivity contribution is -0.147. The number of carbonyl (C=O) groups excluding carboxylic acids is 1. The molecule has 0 saturated carbocycles. The number of aromatic nitrogens is 2. The molecule has 0 aliphatic heterocycles. The van der Waals surface area contributed by atoms with E-state index in [1.165, 1.54) is 0 Å². The summed E-state index contributed by atoms with van der Waals surface area (Å²) < 4.78 is 9.75. The van der Waals surface area contributed by atoms with Crippen molar-refractivity contribution in [3.63, 3.8) is 0 Å². The van der Waals surface area contributed by atoms with Crippen LogP contribution in [0.3, 0.4) is 0 Å². The van der Waals surface area contributed by atoms with Crippen LogP contribution in [-0.2, 0) is 27.3 Å². The molecular weight excluding hydrogens is 636 g/mol. The lowest BCUT2D eigenvalue weighted by atomic mass is 10.0. The first kappa shape index (κ1) is 27.0. The van der Waals surface area contributed by atoms with Gasteiger partial charge in [-0.25, -0.2) is 4.98 Å². The maximum atomic E-state index is 12.8. The Morgan fingerprint density at radius 3 is 2.47 bits per heavy atom. The zero-order valence-electron chi connectivity index (χ0n) is 18.7. The molecule has 7 nitrogen and oxygen atoms in total. The molecule has 0 radical (unpaired) electrons. The van der Waals surface area contributed by atoms with Gasteiger partial charge in [0.2, 0.25) is 0 Å². The van der Waals surface area contributed by atoms with E-state index in [1.807, 2.05) is 25.3 Å². The third-order valence-electron chi connectivity index (χ3n) is 4.92. The monoisotopic (exact) mass is 667 g/mol. The Bertz CT molecular complexity index is 881. The highest BCUT2D eigenvalue weighted by molar-refractivity contribution is 14.1. The average Bonchev–Trinajstić information content (AvgIpc) is 3.12. The van der Waals surface area contributed by atoms with Gasteiger partial charge >= 0.3 is 11.9 Å². The number of rotatable bonds is 13. The summed E-state index contributed by atoms with van der Waals surface area (Å²) in [7, 11) is 0. The number of aliphatic carboxylic acids is 1. The van der Waals surface area contributed by atoms with E-state index in [0.717, 1.165) is 31.2 Å². The highest BCUT2D eigenvalue weighted by Crippen LogP contribution is 2.17. The third kappa shape index (κ3) is 8.97. The highest BCUT2D eigenvalue weighted by atomic mass is 127. The topological polar surface area (TPSA) is 93.5 Å². The number of benzene rings is 1. The molecule has 1 heterocycles. The molecule has 2 atom stereocenters. The van der Waals surface area contributed by atoms with Gasteiger partial charge in [0.05, 0.1) is 12.9 Å². The molecule has 0 aliphatic rings. The lowest BCUT2D eigenvalue weighted by Gasteiger charge is -2.24. The normalized spacial score (nSPS) is 13.2. The Labute approximate surface area is 217 Å². The van der Waals surface area contributed by atoms with Crippen LogP contribution < -0.4 is 5.32 Å². The fraction of sp³-hybridized carbons (Fsp3) is 0.522. The molecule has 0 spiro atoms. The maximum Gasteiger partial charge on any atom is 0.323 e. The molecule has 1 aromatic carbocycles. The van der Waals surface area contributed by atoms with E-state index < -0.39 is 24.0 Å². The summed E-state index contributed by atoms with van der Waals surface area (Å²) in [5.74, 6) is -1.22. The minimum Gasteiger partial charge on any atom is -0.480 e. The van der Waals surface area contributed by atoms with Crippen LogP contribution in [0.5, 0.6) is 0 Å². The zero-order chi connectivity index (χ0) is 23.7. The number of hydrogen-bond acceptors (Lipinski definition) is 5. The van der Waals surface area contributed by atoms with Gasteiger partial charge in [0.15, 0.2) is 0 Å². The minimum absolute atomic E-state index is 0.175. The van der Waals surface area contributed by atoms with E-state index in [9.17, 15) is 14.7 Å². The SMILES string of the molecule is CCCCOC(=O)C(Cc1cncn1Cc1cc(I)cc(I)c1)NC(CC(C)C)C(=O)O. The van der Waals surface area contributed by atoms with Crippen molar-refractivity contribution in [1.82, 2.24) is 14.9 Å². The van der Waals surface area contributed by atoms with Crippen LogP contribution in [0.25, 0.3) is 0 Å². The van der Waals surface area contributed by atoms with Crippen LogP contribution in [0, 0.1) is 13.1 Å². The molecule has 9 heteroatoms. The van der Waals surface area contributed by atoms with Gasteiger partial charge in [-0.05, 0) is 87.7 Å². The Hall–Kier alpha value is -1.21. The van der Waals surface area contributed by atoms with E-state index in [4.69, 9.17) is 4.74 Å². The molecule has 0 aliphatic carbocycles. The molecule has 0 saturated heterocycles.